The number of likely N-dealkylation sites (tertiary alicyclic amines) is 1. The van der Waals surface area contributed by atoms with Crippen molar-refractivity contribution in [3.63, 3.8) is 0 Å². The molecule has 3 rings (SSSR count). The third-order valence-electron chi connectivity index (χ3n) is 6.70. The number of carbonyl (C=O) groups is 3. The Morgan fingerprint density at radius 3 is 2.32 bits per heavy atom. The van der Waals surface area contributed by atoms with E-state index < -0.39 is 11.8 Å². The van der Waals surface area contributed by atoms with Crippen LogP contribution in [-0.4, -0.2) is 72.1 Å². The molecule has 2 saturated heterocycles. The molecule has 2 aliphatic rings. The summed E-state index contributed by atoms with van der Waals surface area (Å²) in [5.41, 5.74) is -0.531. The second-order valence-electron chi connectivity index (χ2n) is 10.6. The maximum Gasteiger partial charge on any atom is 0.256 e. The van der Waals surface area contributed by atoms with Gasteiger partial charge in [0.15, 0.2) is 0 Å². The van der Waals surface area contributed by atoms with E-state index in [0.717, 1.165) is 6.42 Å². The first-order valence-corrected chi connectivity index (χ1v) is 12.2. The summed E-state index contributed by atoms with van der Waals surface area (Å²) in [5, 5.41) is 3.00. The van der Waals surface area contributed by atoms with Gasteiger partial charge in [-0.15, -0.1) is 0 Å². The lowest BCUT2D eigenvalue weighted by molar-refractivity contribution is -0.145. The van der Waals surface area contributed by atoms with E-state index in [1.165, 1.54) is 0 Å². The van der Waals surface area contributed by atoms with Crippen LogP contribution >= 0.6 is 0 Å². The Hall–Kier alpha value is -2.61. The number of ether oxygens (including phenoxy) is 2. The lowest BCUT2D eigenvalue weighted by Crippen LogP contribution is -2.60. The molecule has 34 heavy (non-hydrogen) atoms. The zero-order valence-electron chi connectivity index (χ0n) is 21.3. The van der Waals surface area contributed by atoms with E-state index in [1.807, 2.05) is 39.5 Å². The molecule has 1 aromatic rings. The van der Waals surface area contributed by atoms with Crippen LogP contribution in [0.3, 0.4) is 0 Å². The van der Waals surface area contributed by atoms with Gasteiger partial charge >= 0.3 is 0 Å². The molecule has 2 atom stereocenters. The number of nitrogens with one attached hydrogen (secondary N) is 1. The predicted molar refractivity (Wildman–Crippen MR) is 129 cm³/mol. The highest BCUT2D eigenvalue weighted by Gasteiger charge is 2.54. The standard InChI is InChI=1S/C26H39N3O5/c1-7-18(2)27-23(31)21-17-34-26(12-14-28(15-13-26)22(30)16-25(3,4)5)29(21)24(32)19-8-10-20(33-6)11-9-19/h8-11,18,21H,7,12-17H2,1-6H3,(H,27,31)/t18-,21+/m1/s1. The molecule has 0 aliphatic carbocycles. The third kappa shape index (κ3) is 5.71. The van der Waals surface area contributed by atoms with Gasteiger partial charge in [-0.25, -0.2) is 0 Å². The first-order valence-electron chi connectivity index (χ1n) is 12.2. The second kappa shape index (κ2) is 10.3. The van der Waals surface area contributed by atoms with Crippen LogP contribution in [0.5, 0.6) is 5.75 Å². The van der Waals surface area contributed by atoms with Gasteiger partial charge in [0.05, 0.1) is 13.7 Å². The number of hydrogen-bond acceptors (Lipinski definition) is 5. The van der Waals surface area contributed by atoms with Gasteiger partial charge in [0.2, 0.25) is 11.8 Å². The molecule has 2 heterocycles. The minimum atomic E-state index is -0.910. The van der Waals surface area contributed by atoms with Crippen LogP contribution in [0.1, 0.15) is 70.7 Å². The Kier molecular flexibility index (Phi) is 7.91. The molecule has 3 amide bonds. The summed E-state index contributed by atoms with van der Waals surface area (Å²) in [5.74, 6) is 0.304. The number of benzene rings is 1. The molecule has 188 valence electrons. The van der Waals surface area contributed by atoms with Gasteiger partial charge in [-0.2, -0.15) is 0 Å². The van der Waals surface area contributed by atoms with Crippen molar-refractivity contribution in [2.75, 3.05) is 26.8 Å². The summed E-state index contributed by atoms with van der Waals surface area (Å²) in [6.07, 6.45) is 2.20. The predicted octanol–water partition coefficient (Wildman–Crippen LogP) is 3.21. The summed E-state index contributed by atoms with van der Waals surface area (Å²) in [6, 6.07) is 6.16. The Bertz CT molecular complexity index is 885. The van der Waals surface area contributed by atoms with E-state index in [4.69, 9.17) is 9.47 Å². The van der Waals surface area contributed by atoms with Crippen LogP contribution in [0.2, 0.25) is 0 Å². The van der Waals surface area contributed by atoms with E-state index in [9.17, 15) is 14.4 Å². The molecule has 1 spiro atoms. The zero-order valence-corrected chi connectivity index (χ0v) is 21.3. The highest BCUT2D eigenvalue weighted by atomic mass is 16.5. The number of nitrogens with zero attached hydrogens (tertiary/aromatic N) is 2. The summed E-state index contributed by atoms with van der Waals surface area (Å²) < 4.78 is 11.5. The minimum absolute atomic E-state index is 0.00106. The number of piperidine rings is 1. The van der Waals surface area contributed by atoms with Crippen LogP contribution < -0.4 is 10.1 Å². The van der Waals surface area contributed by atoms with Crippen molar-refractivity contribution in [3.05, 3.63) is 29.8 Å². The van der Waals surface area contributed by atoms with Gasteiger partial charge in [0.25, 0.3) is 5.91 Å². The SMILES string of the molecule is CC[C@@H](C)NC(=O)[C@@H]1COC2(CCN(C(=O)CC(C)(C)C)CC2)N1C(=O)c1ccc(OC)cc1. The fraction of sp³-hybridized carbons (Fsp3) is 0.654. The highest BCUT2D eigenvalue weighted by molar-refractivity contribution is 5.98. The lowest BCUT2D eigenvalue weighted by atomic mass is 9.90. The van der Waals surface area contributed by atoms with Gasteiger partial charge < -0.3 is 19.7 Å². The van der Waals surface area contributed by atoms with Crippen LogP contribution in [0.15, 0.2) is 24.3 Å². The molecule has 2 aliphatic heterocycles. The summed E-state index contributed by atoms with van der Waals surface area (Å²) in [7, 11) is 1.57. The van der Waals surface area contributed by atoms with E-state index in [0.29, 0.717) is 43.7 Å². The molecule has 1 N–H and O–H groups in total. The number of amides is 3. The molecule has 8 heteroatoms. The molecular formula is C26H39N3O5. The van der Waals surface area contributed by atoms with E-state index in [2.05, 4.69) is 5.32 Å². The number of hydrogen-bond donors (Lipinski definition) is 1. The second-order valence-corrected chi connectivity index (χ2v) is 10.6. The van der Waals surface area contributed by atoms with Crippen molar-refractivity contribution < 1.29 is 23.9 Å². The van der Waals surface area contributed by atoms with Crippen LogP contribution in [0, 0.1) is 5.41 Å². The van der Waals surface area contributed by atoms with Gasteiger partial charge in [-0.1, -0.05) is 27.7 Å². The van der Waals surface area contributed by atoms with Gasteiger partial charge in [-0.3, -0.25) is 19.3 Å². The Morgan fingerprint density at radius 2 is 1.79 bits per heavy atom. The summed E-state index contributed by atoms with van der Waals surface area (Å²) in [4.78, 5) is 43.1. The minimum Gasteiger partial charge on any atom is -0.497 e. The first-order chi connectivity index (χ1) is 16.0. The fourth-order valence-electron chi connectivity index (χ4n) is 4.55. The number of rotatable bonds is 6. The Labute approximate surface area is 202 Å². The molecule has 0 bridgehead atoms. The molecule has 0 unspecified atom stereocenters. The third-order valence-corrected chi connectivity index (χ3v) is 6.70. The van der Waals surface area contributed by atoms with Gasteiger partial charge in [0, 0.05) is 44.0 Å². The molecule has 8 nitrogen and oxygen atoms in total. The molecule has 0 radical (unpaired) electrons. The maximum atomic E-state index is 13.7. The lowest BCUT2D eigenvalue weighted by Gasteiger charge is -2.45. The van der Waals surface area contributed by atoms with Gasteiger partial charge in [0.1, 0.15) is 17.5 Å². The van der Waals surface area contributed by atoms with Crippen molar-refractivity contribution in [1.29, 1.82) is 0 Å². The van der Waals surface area contributed by atoms with Crippen molar-refractivity contribution in [1.82, 2.24) is 15.1 Å². The summed E-state index contributed by atoms with van der Waals surface area (Å²) >= 11 is 0. The van der Waals surface area contributed by atoms with E-state index >= 15 is 0 Å². The van der Waals surface area contributed by atoms with Crippen LogP contribution in [-0.2, 0) is 14.3 Å². The first kappa shape index (κ1) is 26.0. The topological polar surface area (TPSA) is 88.2 Å². The Balaban J connectivity index is 1.84. The van der Waals surface area contributed by atoms with Crippen molar-refractivity contribution in [2.24, 2.45) is 5.41 Å². The normalized spacial score (nSPS) is 20.8. The smallest absolute Gasteiger partial charge is 0.256 e. The molecule has 0 saturated carbocycles. The number of methoxy groups -OCH3 is 1. The average Bonchev–Trinajstić information content (AvgIpc) is 3.16. The van der Waals surface area contributed by atoms with E-state index in [1.54, 1.807) is 36.3 Å². The van der Waals surface area contributed by atoms with E-state index in [-0.39, 0.29) is 35.8 Å². The fourth-order valence-corrected chi connectivity index (χ4v) is 4.55. The largest absolute Gasteiger partial charge is 0.497 e. The molecule has 2 fully saturated rings. The Morgan fingerprint density at radius 1 is 1.18 bits per heavy atom. The average molecular weight is 474 g/mol. The highest BCUT2D eigenvalue weighted by Crippen LogP contribution is 2.39. The van der Waals surface area contributed by atoms with Crippen molar-refractivity contribution in [2.45, 2.75) is 78.1 Å². The van der Waals surface area contributed by atoms with Crippen molar-refractivity contribution >= 4 is 17.7 Å². The molecular weight excluding hydrogens is 434 g/mol. The monoisotopic (exact) mass is 473 g/mol. The zero-order chi connectivity index (χ0) is 25.1. The van der Waals surface area contributed by atoms with Crippen molar-refractivity contribution in [3.8, 4) is 5.75 Å². The van der Waals surface area contributed by atoms with Crippen LogP contribution in [0.25, 0.3) is 0 Å². The molecule has 1 aromatic carbocycles. The van der Waals surface area contributed by atoms with Crippen LogP contribution in [0.4, 0.5) is 0 Å². The maximum absolute atomic E-state index is 13.7. The van der Waals surface area contributed by atoms with Gasteiger partial charge in [-0.05, 0) is 43.0 Å². The number of carbonyl (C=O) groups excluding carboxylic acids is 3. The summed E-state index contributed by atoms with van der Waals surface area (Å²) in [6.45, 7) is 11.2. The molecule has 0 aromatic heterocycles. The quantitative estimate of drug-likeness (QED) is 0.686.